The first-order valence-electron chi connectivity index (χ1n) is 8.72. The van der Waals surface area contributed by atoms with E-state index in [-0.39, 0.29) is 6.04 Å². The average Bonchev–Trinajstić information content (AvgIpc) is 2.91. The van der Waals surface area contributed by atoms with Crippen LogP contribution in [0.4, 0.5) is 13.2 Å². The lowest BCUT2D eigenvalue weighted by Crippen LogP contribution is -2.49. The number of aromatic nitrogens is 2. The molecule has 142 valence electrons. The van der Waals surface area contributed by atoms with Crippen LogP contribution in [0.15, 0.2) is 6.20 Å². The van der Waals surface area contributed by atoms with Crippen LogP contribution in [0.3, 0.4) is 0 Å². The Morgan fingerprint density at radius 2 is 1.96 bits per heavy atom. The minimum atomic E-state index is -4.64. The summed E-state index contributed by atoms with van der Waals surface area (Å²) in [5.74, 6) is 0.268. The van der Waals surface area contributed by atoms with Gasteiger partial charge in [0.05, 0.1) is 5.56 Å². The van der Waals surface area contributed by atoms with Gasteiger partial charge in [0.2, 0.25) is 0 Å². The number of amides is 1. The number of carbonyl (C=O) groups is 1. The van der Waals surface area contributed by atoms with Gasteiger partial charge in [-0.1, -0.05) is 20.8 Å². The van der Waals surface area contributed by atoms with Crippen LogP contribution >= 0.6 is 0 Å². The molecule has 0 radical (unpaired) electrons. The molecule has 2 rings (SSSR count). The van der Waals surface area contributed by atoms with E-state index in [1.54, 1.807) is 0 Å². The lowest BCUT2D eigenvalue weighted by molar-refractivity contribution is -0.141. The van der Waals surface area contributed by atoms with Crippen molar-refractivity contribution in [2.24, 2.45) is 18.9 Å². The Balaban J connectivity index is 2.05. The van der Waals surface area contributed by atoms with Crippen LogP contribution in [0.5, 0.6) is 0 Å². The van der Waals surface area contributed by atoms with Gasteiger partial charge < -0.3 is 5.32 Å². The molecule has 0 bridgehead atoms. The molecule has 1 atom stereocenters. The van der Waals surface area contributed by atoms with Crippen LogP contribution in [0.1, 0.15) is 49.7 Å². The first kappa shape index (κ1) is 19.8. The molecule has 1 fully saturated rings. The van der Waals surface area contributed by atoms with E-state index in [1.165, 1.54) is 7.05 Å². The van der Waals surface area contributed by atoms with Crippen molar-refractivity contribution in [3.8, 4) is 0 Å². The normalized spacial score (nSPS) is 18.6. The zero-order valence-electron chi connectivity index (χ0n) is 15.2. The molecular weight excluding hydrogens is 333 g/mol. The highest BCUT2D eigenvalue weighted by atomic mass is 19.4. The van der Waals surface area contributed by atoms with Gasteiger partial charge in [0.1, 0.15) is 0 Å². The Morgan fingerprint density at radius 1 is 1.36 bits per heavy atom. The molecule has 2 heterocycles. The fourth-order valence-corrected chi connectivity index (χ4v) is 3.30. The highest BCUT2D eigenvalue weighted by molar-refractivity contribution is 5.95. The molecule has 1 N–H and O–H groups in total. The molecule has 1 aromatic heterocycles. The van der Waals surface area contributed by atoms with Gasteiger partial charge in [0, 0.05) is 25.8 Å². The number of hydrogen-bond donors (Lipinski definition) is 1. The number of alkyl halides is 3. The van der Waals surface area contributed by atoms with Crippen molar-refractivity contribution >= 4 is 5.91 Å². The maximum atomic E-state index is 13.0. The third kappa shape index (κ3) is 4.96. The predicted octanol–water partition coefficient (Wildman–Crippen LogP) is 2.93. The molecule has 0 aliphatic carbocycles. The predicted molar refractivity (Wildman–Crippen MR) is 89.1 cm³/mol. The van der Waals surface area contributed by atoms with Crippen molar-refractivity contribution in [2.75, 3.05) is 19.6 Å². The van der Waals surface area contributed by atoms with Crippen LogP contribution in [0, 0.1) is 11.8 Å². The second-order valence-corrected chi connectivity index (χ2v) is 7.30. The number of carbonyl (C=O) groups excluding carboxylic acids is 1. The van der Waals surface area contributed by atoms with Crippen molar-refractivity contribution in [3.63, 3.8) is 0 Å². The first-order chi connectivity index (χ1) is 11.6. The number of piperidine rings is 1. The molecule has 1 saturated heterocycles. The van der Waals surface area contributed by atoms with E-state index in [4.69, 9.17) is 0 Å². The van der Waals surface area contributed by atoms with Gasteiger partial charge in [-0.05, 0) is 37.8 Å². The van der Waals surface area contributed by atoms with Gasteiger partial charge in [0.15, 0.2) is 5.69 Å². The number of likely N-dealkylation sites (tertiary alicyclic amines) is 1. The van der Waals surface area contributed by atoms with E-state index >= 15 is 0 Å². The van der Waals surface area contributed by atoms with Crippen molar-refractivity contribution in [3.05, 3.63) is 17.5 Å². The van der Waals surface area contributed by atoms with Crippen LogP contribution in [-0.2, 0) is 13.2 Å². The second-order valence-electron chi connectivity index (χ2n) is 7.30. The van der Waals surface area contributed by atoms with Gasteiger partial charge >= 0.3 is 6.18 Å². The first-order valence-corrected chi connectivity index (χ1v) is 8.72. The highest BCUT2D eigenvalue weighted by Crippen LogP contribution is 2.30. The van der Waals surface area contributed by atoms with Crippen molar-refractivity contribution in [2.45, 2.75) is 45.8 Å². The van der Waals surface area contributed by atoms with Gasteiger partial charge in [-0.2, -0.15) is 18.3 Å². The number of nitrogens with one attached hydrogen (secondary N) is 1. The average molecular weight is 360 g/mol. The van der Waals surface area contributed by atoms with E-state index < -0.39 is 23.3 Å². The van der Waals surface area contributed by atoms with Crippen LogP contribution in [-0.4, -0.2) is 46.3 Å². The Hall–Kier alpha value is -1.57. The molecule has 1 aromatic rings. The number of nitrogens with zero attached hydrogens (tertiary/aromatic N) is 3. The molecule has 0 aromatic carbocycles. The van der Waals surface area contributed by atoms with Crippen LogP contribution in [0.25, 0.3) is 0 Å². The fourth-order valence-electron chi connectivity index (χ4n) is 3.30. The van der Waals surface area contributed by atoms with Crippen LogP contribution < -0.4 is 5.32 Å². The van der Waals surface area contributed by atoms with E-state index in [0.29, 0.717) is 18.4 Å². The third-order valence-corrected chi connectivity index (χ3v) is 4.87. The summed E-state index contributed by atoms with van der Waals surface area (Å²) >= 11 is 0. The third-order valence-electron chi connectivity index (χ3n) is 4.87. The number of rotatable bonds is 5. The largest absolute Gasteiger partial charge is 0.435 e. The van der Waals surface area contributed by atoms with Gasteiger partial charge in [-0.25, -0.2) is 0 Å². The molecule has 0 saturated carbocycles. The lowest BCUT2D eigenvalue weighted by atomic mass is 9.94. The molecule has 8 heteroatoms. The molecule has 5 nitrogen and oxygen atoms in total. The SMILES string of the molecule is CC1CCN([C@H](CNC(=O)c2cn(C)nc2C(F)(F)F)C(C)C)CC1. The Kier molecular flexibility index (Phi) is 6.13. The summed E-state index contributed by atoms with van der Waals surface area (Å²) in [7, 11) is 1.37. The van der Waals surface area contributed by atoms with Gasteiger partial charge in [0.25, 0.3) is 5.91 Å². The maximum absolute atomic E-state index is 13.0. The number of aryl methyl sites for hydroxylation is 1. The maximum Gasteiger partial charge on any atom is 0.435 e. The minimum absolute atomic E-state index is 0.113. The quantitative estimate of drug-likeness (QED) is 0.878. The molecule has 1 aliphatic rings. The second kappa shape index (κ2) is 7.76. The van der Waals surface area contributed by atoms with Crippen molar-refractivity contribution < 1.29 is 18.0 Å². The summed E-state index contributed by atoms with van der Waals surface area (Å²) in [6.07, 6.45) is -1.31. The summed E-state index contributed by atoms with van der Waals surface area (Å²) in [6, 6.07) is 0.113. The molecule has 0 unspecified atom stereocenters. The summed E-state index contributed by atoms with van der Waals surface area (Å²) in [5, 5.41) is 6.06. The summed E-state index contributed by atoms with van der Waals surface area (Å²) in [6.45, 7) is 8.61. The smallest absolute Gasteiger partial charge is 0.350 e. The molecule has 1 aliphatic heterocycles. The van der Waals surface area contributed by atoms with Crippen molar-refractivity contribution in [1.82, 2.24) is 20.0 Å². The molecule has 1 amide bonds. The monoisotopic (exact) mass is 360 g/mol. The van der Waals surface area contributed by atoms with E-state index in [0.717, 1.165) is 36.8 Å². The molecule has 25 heavy (non-hydrogen) atoms. The summed E-state index contributed by atoms with van der Waals surface area (Å²) in [4.78, 5) is 14.6. The molecule has 0 spiro atoms. The van der Waals surface area contributed by atoms with E-state index in [2.05, 4.69) is 36.1 Å². The van der Waals surface area contributed by atoms with Crippen LogP contribution in [0.2, 0.25) is 0 Å². The fraction of sp³-hybridized carbons (Fsp3) is 0.765. The van der Waals surface area contributed by atoms with E-state index in [1.807, 2.05) is 0 Å². The Bertz CT molecular complexity index is 589. The Morgan fingerprint density at radius 3 is 2.48 bits per heavy atom. The zero-order valence-corrected chi connectivity index (χ0v) is 15.2. The summed E-state index contributed by atoms with van der Waals surface area (Å²) in [5.41, 5.74) is -1.56. The van der Waals surface area contributed by atoms with E-state index in [9.17, 15) is 18.0 Å². The zero-order chi connectivity index (χ0) is 18.8. The highest BCUT2D eigenvalue weighted by Gasteiger charge is 2.39. The lowest BCUT2D eigenvalue weighted by Gasteiger charge is -2.38. The minimum Gasteiger partial charge on any atom is -0.350 e. The Labute approximate surface area is 146 Å². The van der Waals surface area contributed by atoms with Crippen molar-refractivity contribution in [1.29, 1.82) is 0 Å². The topological polar surface area (TPSA) is 50.2 Å². The standard InChI is InChI=1S/C17H27F3N4O/c1-11(2)14(24-7-5-12(3)6-8-24)9-21-16(25)13-10-23(4)22-15(13)17(18,19)20/h10-12,14H,5-9H2,1-4H3,(H,21,25)/t14-/m1/s1. The molecular formula is C17H27F3N4O. The summed E-state index contributed by atoms with van der Waals surface area (Å²) < 4.78 is 40.1. The number of halogens is 3. The number of hydrogen-bond acceptors (Lipinski definition) is 3. The van der Waals surface area contributed by atoms with Gasteiger partial charge in [-0.3, -0.25) is 14.4 Å². The van der Waals surface area contributed by atoms with Gasteiger partial charge in [-0.15, -0.1) is 0 Å².